The van der Waals surface area contributed by atoms with Gasteiger partial charge in [0.25, 0.3) is 0 Å². The van der Waals surface area contributed by atoms with Gasteiger partial charge in [-0.15, -0.1) is 0 Å². The van der Waals surface area contributed by atoms with Gasteiger partial charge in [-0.05, 0) is 341 Å². The van der Waals surface area contributed by atoms with Crippen molar-refractivity contribution in [3.63, 3.8) is 0 Å². The second-order valence-electron chi connectivity index (χ2n) is 35.7. The molecule has 0 bridgehead atoms. The van der Waals surface area contributed by atoms with E-state index in [1.54, 1.807) is 36.4 Å². The van der Waals surface area contributed by atoms with Crippen LogP contribution in [0.2, 0.25) is 0 Å². The molecular weight excluding hydrogens is 1770 g/mol. The van der Waals surface area contributed by atoms with E-state index in [0.717, 1.165) is 35.7 Å². The Balaban J connectivity index is 0.000000135. The monoisotopic (exact) mass is 1860 g/mol. The fourth-order valence-corrected chi connectivity index (χ4v) is 19.2. The van der Waals surface area contributed by atoms with E-state index < -0.39 is 68.8 Å². The molecule has 0 amide bonds. The lowest BCUT2D eigenvalue weighted by atomic mass is 9.82. The minimum atomic E-state index is -1.97. The van der Waals surface area contributed by atoms with Gasteiger partial charge >= 0.3 is 0 Å². The van der Waals surface area contributed by atoms with Crippen molar-refractivity contribution in [2.75, 3.05) is 0 Å². The highest BCUT2D eigenvalue weighted by Gasteiger charge is 2.34. The molecule has 4 heterocycles. The molecule has 4 nitrogen and oxygen atoms in total. The molecule has 0 atom stereocenters. The van der Waals surface area contributed by atoms with Crippen molar-refractivity contribution in [2.24, 2.45) is 0 Å². The van der Waals surface area contributed by atoms with Crippen molar-refractivity contribution < 1.29 is 35.1 Å². The van der Waals surface area contributed by atoms with Crippen LogP contribution >= 0.6 is 0 Å². The molecule has 0 aliphatic carbocycles. The molecule has 12 heteroatoms. The number of halogens is 8. The number of hydrogen-bond acceptors (Lipinski definition) is 4. The van der Waals surface area contributed by atoms with E-state index in [0.29, 0.717) is 0 Å². The summed E-state index contributed by atoms with van der Waals surface area (Å²) in [6.45, 7) is 17.6. The van der Waals surface area contributed by atoms with Crippen molar-refractivity contribution in [1.82, 2.24) is 19.9 Å². The zero-order chi connectivity index (χ0) is 98.3. The Labute approximate surface area is 822 Å². The first-order valence-electron chi connectivity index (χ1n) is 46.9. The Bertz CT molecular complexity index is 7490. The predicted octanol–water partition coefficient (Wildman–Crippen LogP) is 36.2. The van der Waals surface area contributed by atoms with E-state index >= 15 is 35.1 Å². The van der Waals surface area contributed by atoms with Gasteiger partial charge in [-0.25, -0.2) is 35.1 Å². The maximum absolute atomic E-state index is 16.6. The van der Waals surface area contributed by atoms with Crippen molar-refractivity contribution in [3.8, 4) is 200 Å². The summed E-state index contributed by atoms with van der Waals surface area (Å²) in [5.74, 6) is -14.2. The predicted molar refractivity (Wildman–Crippen MR) is 566 cm³/mol. The number of rotatable bonds is 18. The first-order chi connectivity index (χ1) is 69.1. The van der Waals surface area contributed by atoms with E-state index in [9.17, 15) is 0 Å². The minimum Gasteiger partial charge on any atom is -0.264 e. The number of pyridine rings is 4. The second kappa shape index (κ2) is 41.2. The smallest absolute Gasteiger partial charge is 0.195 e. The quantitative estimate of drug-likeness (QED) is 0.0488. The van der Waals surface area contributed by atoms with Crippen LogP contribution < -0.4 is 0 Å². The van der Waals surface area contributed by atoms with Crippen LogP contribution in [0.15, 0.2) is 426 Å². The van der Waals surface area contributed by atoms with Crippen molar-refractivity contribution in [2.45, 2.75) is 55.4 Å². The first-order valence-corrected chi connectivity index (χ1v) is 46.9. The standard InChI is InChI=1S/C46H38.C44H36N2.C40H20F8N2/c1-31-15-11-13-21-39(31)37-25-23-33(3)41(27-37)45-29-44(36-19-9-6-10-20-36)46(30-43(45)35-17-7-5-8-18-35)42-28-38(26-24-34(42)4)40-22-14-12-16-32(40)2;1-29-15-17-35(43-27-45-21-19-31(43)3)23-37(29)41-25-40(34-13-9-6-10-14-34)42(26-39(41)33-11-7-5-8-12-33)38-24-36(18-16-30(38)2)44-28-46-22-20-32(44)4;41-33-29(23-13-7-15-49-19-23)35(43)39(47)37(45)31(33)27-18-26(22-11-5-2-6-12-22)28(17-25(27)21-9-3-1-4-10-21)32-34(42)30(24-14-8-16-50-20-24)36(44)40(48)38(32)46/h5-30H,1-4H3;5-28H,1-4H3;1-20H. The van der Waals surface area contributed by atoms with E-state index in [1.807, 2.05) is 24.8 Å². The van der Waals surface area contributed by atoms with Gasteiger partial charge in [-0.2, -0.15) is 0 Å². The minimum absolute atomic E-state index is 0.0901. The van der Waals surface area contributed by atoms with Gasteiger partial charge in [0.05, 0.1) is 22.3 Å². The van der Waals surface area contributed by atoms with Gasteiger partial charge in [-0.1, -0.05) is 291 Å². The lowest BCUT2D eigenvalue weighted by molar-refractivity contribution is 0.439. The zero-order valence-corrected chi connectivity index (χ0v) is 79.2. The fraction of sp³-hybridized carbons (Fsp3) is 0.0615. The first kappa shape index (κ1) is 93.8. The molecule has 21 rings (SSSR count). The van der Waals surface area contributed by atoms with Crippen molar-refractivity contribution in [1.29, 1.82) is 0 Å². The topological polar surface area (TPSA) is 51.6 Å². The van der Waals surface area contributed by atoms with Crippen LogP contribution in [0.3, 0.4) is 0 Å². The van der Waals surface area contributed by atoms with Gasteiger partial charge < -0.3 is 0 Å². The van der Waals surface area contributed by atoms with Crippen LogP contribution in [0.4, 0.5) is 35.1 Å². The molecule has 0 N–H and O–H groups in total. The average Bonchev–Trinajstić information content (AvgIpc) is 0.731. The third kappa shape index (κ3) is 18.9. The van der Waals surface area contributed by atoms with Crippen LogP contribution in [-0.4, -0.2) is 19.9 Å². The molecule has 0 aliphatic heterocycles. The molecule has 0 unspecified atom stereocenters. The van der Waals surface area contributed by atoms with Crippen LogP contribution in [0, 0.1) is 102 Å². The van der Waals surface area contributed by atoms with Crippen molar-refractivity contribution in [3.05, 3.63) is 517 Å². The summed E-state index contributed by atoms with van der Waals surface area (Å²) >= 11 is 0. The molecule has 0 saturated carbocycles. The Kier molecular flexibility index (Phi) is 27.2. The van der Waals surface area contributed by atoms with E-state index in [2.05, 4.69) is 354 Å². The lowest BCUT2D eigenvalue weighted by Crippen LogP contribution is -2.06. The Morgan fingerprint density at radius 1 is 0.127 bits per heavy atom. The normalized spacial score (nSPS) is 11.1. The fourth-order valence-electron chi connectivity index (χ4n) is 19.2. The summed E-state index contributed by atoms with van der Waals surface area (Å²) in [4.78, 5) is 16.6. The Morgan fingerprint density at radius 2 is 0.345 bits per heavy atom. The number of aromatic nitrogens is 4. The molecule has 142 heavy (non-hydrogen) atoms. The van der Waals surface area contributed by atoms with Crippen LogP contribution in [0.5, 0.6) is 0 Å². The van der Waals surface area contributed by atoms with Gasteiger partial charge in [-0.3, -0.25) is 19.9 Å². The Hall–Kier alpha value is -17.2. The molecule has 4 aromatic heterocycles. The number of hydrogen-bond donors (Lipinski definition) is 0. The maximum Gasteiger partial charge on any atom is 0.195 e. The molecule has 0 spiro atoms. The number of nitrogens with zero attached hydrogens (tertiary/aromatic N) is 4. The molecule has 690 valence electrons. The summed E-state index contributed by atoms with van der Waals surface area (Å²) in [6, 6.07) is 125. The van der Waals surface area contributed by atoms with Gasteiger partial charge in [0, 0.05) is 71.8 Å². The molecule has 21 aromatic rings. The average molecular weight is 1860 g/mol. The van der Waals surface area contributed by atoms with Crippen LogP contribution in [0.25, 0.3) is 200 Å². The summed E-state index contributed by atoms with van der Waals surface area (Å²) < 4.78 is 126. The summed E-state index contributed by atoms with van der Waals surface area (Å²) in [5.41, 5.74) is 34.8. The highest BCUT2D eigenvalue weighted by Crippen LogP contribution is 2.52. The number of aryl methyl sites for hydroxylation is 8. The summed E-state index contributed by atoms with van der Waals surface area (Å²) in [5, 5.41) is 0. The molecule has 0 saturated heterocycles. The lowest BCUT2D eigenvalue weighted by Gasteiger charge is -2.21. The molecular formula is C130H94F8N4. The summed E-state index contributed by atoms with van der Waals surface area (Å²) in [6.07, 6.45) is 12.5. The number of benzene rings is 17. The van der Waals surface area contributed by atoms with Crippen LogP contribution in [0.1, 0.15) is 44.5 Å². The van der Waals surface area contributed by atoms with E-state index in [-0.39, 0.29) is 44.5 Å². The van der Waals surface area contributed by atoms with Crippen LogP contribution in [-0.2, 0) is 0 Å². The van der Waals surface area contributed by atoms with Gasteiger partial charge in [0.2, 0.25) is 0 Å². The molecule has 0 radical (unpaired) electrons. The molecule has 0 fully saturated rings. The largest absolute Gasteiger partial charge is 0.264 e. The molecule has 17 aromatic carbocycles. The van der Waals surface area contributed by atoms with E-state index in [1.165, 1.54) is 228 Å². The van der Waals surface area contributed by atoms with Gasteiger partial charge in [0.1, 0.15) is 11.6 Å². The highest BCUT2D eigenvalue weighted by molar-refractivity contribution is 6.02. The van der Waals surface area contributed by atoms with Crippen molar-refractivity contribution >= 4 is 0 Å². The summed E-state index contributed by atoms with van der Waals surface area (Å²) in [7, 11) is 0. The second-order valence-corrected chi connectivity index (χ2v) is 35.7. The van der Waals surface area contributed by atoms with E-state index in [4.69, 9.17) is 0 Å². The third-order valence-electron chi connectivity index (χ3n) is 26.7. The maximum atomic E-state index is 16.6. The third-order valence-corrected chi connectivity index (χ3v) is 26.7. The highest BCUT2D eigenvalue weighted by atomic mass is 19.2. The molecule has 0 aliphatic rings. The SMILES string of the molecule is Cc1ccccc1-c1ccc(C)c(-c2cc(-c3ccccc3)c(-c3cc(-c4ccccc4C)ccc3C)cc2-c2ccccc2)c1.Cc1ccncc1-c1ccc(C)c(-c2cc(-c3ccccc3)c(-c3cc(-c4cnccc4C)ccc3C)cc2-c2ccccc2)c1.Fc1c(F)c(-c2cccnc2)c(F)c(-c2cc(-c3ccccc3)c(-c3c(F)c(F)c(F)c(-c4cccnc4)c3F)cc2-c2ccccc2)c1F. The van der Waals surface area contributed by atoms with Gasteiger partial charge in [0.15, 0.2) is 34.9 Å². The zero-order valence-electron chi connectivity index (χ0n) is 79.2. The Morgan fingerprint density at radius 3 is 0.606 bits per heavy atom.